The van der Waals surface area contributed by atoms with E-state index in [-0.39, 0.29) is 11.6 Å². The molecule has 2 rings (SSSR count). The Kier molecular flexibility index (Phi) is 3.65. The predicted octanol–water partition coefficient (Wildman–Crippen LogP) is 4.00. The van der Waals surface area contributed by atoms with Crippen LogP contribution >= 0.6 is 0 Å². The van der Waals surface area contributed by atoms with Gasteiger partial charge < -0.3 is 5.32 Å². The third-order valence-corrected chi connectivity index (χ3v) is 3.00. The Labute approximate surface area is 112 Å². The molecule has 0 spiro atoms. The minimum atomic E-state index is -0.427. The summed E-state index contributed by atoms with van der Waals surface area (Å²) in [5.41, 5.74) is 3.65. The second kappa shape index (κ2) is 5.22. The number of amides is 1. The van der Waals surface area contributed by atoms with Gasteiger partial charge in [-0.3, -0.25) is 4.79 Å². The number of nitrogens with one attached hydrogen (secondary N) is 1. The number of carbonyl (C=O) groups excluding carboxylic acids is 1. The van der Waals surface area contributed by atoms with Crippen LogP contribution in [0.5, 0.6) is 0 Å². The van der Waals surface area contributed by atoms with E-state index < -0.39 is 5.82 Å². The molecule has 0 aliphatic rings. The second-order valence-electron chi connectivity index (χ2n) is 4.76. The summed E-state index contributed by atoms with van der Waals surface area (Å²) in [5.74, 6) is -0.717. The molecule has 0 radical (unpaired) electrons. The summed E-state index contributed by atoms with van der Waals surface area (Å²) >= 11 is 0. The molecular formula is C16H16FNO. The molecule has 0 fully saturated rings. The molecule has 0 aliphatic carbocycles. The lowest BCUT2D eigenvalue weighted by Gasteiger charge is -2.09. The fourth-order valence-electron chi connectivity index (χ4n) is 1.99. The summed E-state index contributed by atoms with van der Waals surface area (Å²) < 4.78 is 13.6. The van der Waals surface area contributed by atoms with Gasteiger partial charge in [0.25, 0.3) is 5.91 Å². The fraction of sp³-hybridized carbons (Fsp3) is 0.188. The summed E-state index contributed by atoms with van der Waals surface area (Å²) in [6.45, 7) is 5.69. The maximum absolute atomic E-state index is 13.6. The van der Waals surface area contributed by atoms with Crippen LogP contribution in [0.1, 0.15) is 27.0 Å². The topological polar surface area (TPSA) is 29.1 Å². The summed E-state index contributed by atoms with van der Waals surface area (Å²) in [6, 6.07) is 10.2. The molecule has 2 nitrogen and oxygen atoms in total. The highest BCUT2D eigenvalue weighted by molar-refractivity contribution is 6.05. The third kappa shape index (κ3) is 2.99. The van der Waals surface area contributed by atoms with Gasteiger partial charge in [-0.15, -0.1) is 0 Å². The van der Waals surface area contributed by atoms with E-state index in [1.165, 1.54) is 6.07 Å². The van der Waals surface area contributed by atoms with Gasteiger partial charge in [0.1, 0.15) is 5.82 Å². The zero-order chi connectivity index (χ0) is 14.0. The predicted molar refractivity (Wildman–Crippen MR) is 75.0 cm³/mol. The van der Waals surface area contributed by atoms with E-state index in [0.717, 1.165) is 16.7 Å². The van der Waals surface area contributed by atoms with E-state index >= 15 is 0 Å². The van der Waals surface area contributed by atoms with Crippen molar-refractivity contribution in [1.82, 2.24) is 0 Å². The molecule has 0 aromatic heterocycles. The average molecular weight is 257 g/mol. The van der Waals surface area contributed by atoms with Crippen LogP contribution in [-0.4, -0.2) is 5.91 Å². The molecule has 0 heterocycles. The number of aryl methyl sites for hydroxylation is 3. The van der Waals surface area contributed by atoms with Gasteiger partial charge in [-0.25, -0.2) is 4.39 Å². The first-order valence-electron chi connectivity index (χ1n) is 6.12. The zero-order valence-corrected chi connectivity index (χ0v) is 11.3. The zero-order valence-electron chi connectivity index (χ0n) is 11.3. The molecular weight excluding hydrogens is 241 g/mol. The van der Waals surface area contributed by atoms with E-state index in [0.29, 0.717) is 5.56 Å². The third-order valence-electron chi connectivity index (χ3n) is 3.00. The molecule has 0 unspecified atom stereocenters. The lowest BCUT2D eigenvalue weighted by atomic mass is 10.1. The van der Waals surface area contributed by atoms with Crippen LogP contribution in [0.2, 0.25) is 0 Å². The van der Waals surface area contributed by atoms with Crippen LogP contribution in [0, 0.1) is 26.6 Å². The second-order valence-corrected chi connectivity index (χ2v) is 4.76. The Balaban J connectivity index is 2.28. The van der Waals surface area contributed by atoms with Crippen LogP contribution in [0.4, 0.5) is 10.1 Å². The van der Waals surface area contributed by atoms with Gasteiger partial charge in [0, 0.05) is 5.56 Å². The number of hydrogen-bond acceptors (Lipinski definition) is 1. The van der Waals surface area contributed by atoms with Gasteiger partial charge in [0.15, 0.2) is 0 Å². The molecule has 1 N–H and O–H groups in total. The van der Waals surface area contributed by atoms with E-state index in [4.69, 9.17) is 0 Å². The van der Waals surface area contributed by atoms with Gasteiger partial charge in [0.05, 0.1) is 5.69 Å². The largest absolute Gasteiger partial charge is 0.319 e. The monoisotopic (exact) mass is 257 g/mol. The van der Waals surface area contributed by atoms with Crippen molar-refractivity contribution in [3.05, 3.63) is 64.5 Å². The molecule has 0 saturated carbocycles. The van der Waals surface area contributed by atoms with E-state index in [2.05, 4.69) is 5.32 Å². The Hall–Kier alpha value is -2.16. The SMILES string of the molecule is Cc1ccc(C(=O)Nc2cc(C)ccc2F)c(C)c1. The van der Waals surface area contributed by atoms with E-state index in [1.54, 1.807) is 18.2 Å². The Morgan fingerprint density at radius 1 is 1.00 bits per heavy atom. The van der Waals surface area contributed by atoms with Crippen molar-refractivity contribution >= 4 is 11.6 Å². The van der Waals surface area contributed by atoms with Crippen molar-refractivity contribution in [1.29, 1.82) is 0 Å². The average Bonchev–Trinajstić information content (AvgIpc) is 2.33. The van der Waals surface area contributed by atoms with Gasteiger partial charge in [-0.1, -0.05) is 23.8 Å². The van der Waals surface area contributed by atoms with Crippen molar-refractivity contribution in [3.63, 3.8) is 0 Å². The molecule has 0 atom stereocenters. The van der Waals surface area contributed by atoms with Gasteiger partial charge >= 0.3 is 0 Å². The lowest BCUT2D eigenvalue weighted by molar-refractivity contribution is 0.102. The minimum Gasteiger partial charge on any atom is -0.319 e. The number of benzene rings is 2. The van der Waals surface area contributed by atoms with E-state index in [9.17, 15) is 9.18 Å². The standard InChI is InChI=1S/C16H16FNO/c1-10-4-6-13(12(3)8-10)16(19)18-15-9-11(2)5-7-14(15)17/h4-9H,1-3H3,(H,18,19). The van der Waals surface area contributed by atoms with Crippen LogP contribution in [0.25, 0.3) is 0 Å². The van der Waals surface area contributed by atoms with Crippen molar-refractivity contribution in [2.45, 2.75) is 20.8 Å². The molecule has 0 saturated heterocycles. The molecule has 1 amide bonds. The van der Waals surface area contributed by atoms with Crippen molar-refractivity contribution < 1.29 is 9.18 Å². The highest BCUT2D eigenvalue weighted by Gasteiger charge is 2.11. The molecule has 0 aliphatic heterocycles. The number of hydrogen-bond donors (Lipinski definition) is 1. The maximum atomic E-state index is 13.6. The first-order chi connectivity index (χ1) is 8.97. The van der Waals surface area contributed by atoms with E-state index in [1.807, 2.05) is 32.9 Å². The van der Waals surface area contributed by atoms with Gasteiger partial charge in [-0.2, -0.15) is 0 Å². The molecule has 3 heteroatoms. The Morgan fingerprint density at radius 2 is 1.63 bits per heavy atom. The molecule has 98 valence electrons. The molecule has 19 heavy (non-hydrogen) atoms. The van der Waals surface area contributed by atoms with Crippen molar-refractivity contribution in [2.75, 3.05) is 5.32 Å². The Bertz CT molecular complexity index is 635. The Morgan fingerprint density at radius 3 is 2.32 bits per heavy atom. The van der Waals surface area contributed by atoms with Gasteiger partial charge in [0.2, 0.25) is 0 Å². The van der Waals surface area contributed by atoms with Gasteiger partial charge in [-0.05, 0) is 50.1 Å². The highest BCUT2D eigenvalue weighted by atomic mass is 19.1. The first-order valence-corrected chi connectivity index (χ1v) is 6.12. The number of carbonyl (C=O) groups is 1. The van der Waals surface area contributed by atoms with Crippen LogP contribution in [0.15, 0.2) is 36.4 Å². The van der Waals surface area contributed by atoms with Crippen LogP contribution in [-0.2, 0) is 0 Å². The summed E-state index contributed by atoms with van der Waals surface area (Å²) in [6.07, 6.45) is 0. The minimum absolute atomic E-state index is 0.213. The normalized spacial score (nSPS) is 10.3. The molecule has 0 bridgehead atoms. The number of anilines is 1. The smallest absolute Gasteiger partial charge is 0.256 e. The van der Waals surface area contributed by atoms with Crippen molar-refractivity contribution in [3.8, 4) is 0 Å². The fourth-order valence-corrected chi connectivity index (χ4v) is 1.99. The lowest BCUT2D eigenvalue weighted by Crippen LogP contribution is -2.14. The maximum Gasteiger partial charge on any atom is 0.256 e. The van der Waals surface area contributed by atoms with Crippen LogP contribution < -0.4 is 5.32 Å². The quantitative estimate of drug-likeness (QED) is 0.865. The summed E-state index contributed by atoms with van der Waals surface area (Å²) in [4.78, 5) is 12.1. The summed E-state index contributed by atoms with van der Waals surface area (Å²) in [7, 11) is 0. The first kappa shape index (κ1) is 13.3. The number of rotatable bonds is 2. The van der Waals surface area contributed by atoms with Crippen molar-refractivity contribution in [2.24, 2.45) is 0 Å². The molecule has 2 aromatic carbocycles. The number of halogens is 1. The highest BCUT2D eigenvalue weighted by Crippen LogP contribution is 2.18. The molecule has 2 aromatic rings. The van der Waals surface area contributed by atoms with Crippen LogP contribution in [0.3, 0.4) is 0 Å². The summed E-state index contributed by atoms with van der Waals surface area (Å²) in [5, 5.41) is 2.61.